The van der Waals surface area contributed by atoms with E-state index in [0.717, 1.165) is 38.5 Å². The maximum absolute atomic E-state index is 14.8. The summed E-state index contributed by atoms with van der Waals surface area (Å²) >= 11 is 0. The Morgan fingerprint density at radius 2 is 1.46 bits per heavy atom. The predicted octanol–water partition coefficient (Wildman–Crippen LogP) is 2.80. The zero-order valence-electron chi connectivity index (χ0n) is 33.3. The van der Waals surface area contributed by atoms with Crippen LogP contribution in [0.3, 0.4) is 0 Å². The first-order valence-electron chi connectivity index (χ1n) is 19.6. The predicted molar refractivity (Wildman–Crippen MR) is 198 cm³/mol. The van der Waals surface area contributed by atoms with Gasteiger partial charge in [0.2, 0.25) is 23.5 Å². The normalized spacial score (nSPS) is 29.9. The van der Waals surface area contributed by atoms with Crippen LogP contribution in [0.2, 0.25) is 0 Å². The lowest BCUT2D eigenvalue weighted by atomic mass is 9.73. The zero-order valence-corrected chi connectivity index (χ0v) is 33.3. The van der Waals surface area contributed by atoms with E-state index in [9.17, 15) is 28.8 Å². The number of primary amides is 1. The van der Waals surface area contributed by atoms with Gasteiger partial charge in [-0.3, -0.25) is 28.9 Å². The SMILES string of the molecule is CC(C)[C@H](NC(=O)N[C@H](C(=O)N1C[C@]2(C[C@H]1C(=O)NC(CC1CCC1)C(=O)C(N)=O)C(C)(C)C21CCC1)C(C)(C)C)C(=O)N1C[C@@H](C)N(C)[C@@H](C)C1. The van der Waals surface area contributed by atoms with Crippen LogP contribution in [-0.2, 0) is 24.0 Å². The highest BCUT2D eigenvalue weighted by molar-refractivity contribution is 6.37. The number of urea groups is 1. The number of ketones is 1. The molecule has 6 amide bonds. The number of rotatable bonds is 11. The summed E-state index contributed by atoms with van der Waals surface area (Å²) in [4.78, 5) is 87.3. The summed E-state index contributed by atoms with van der Waals surface area (Å²) < 4.78 is 0. The summed E-state index contributed by atoms with van der Waals surface area (Å²) in [5.41, 5.74) is 4.29. The molecule has 5 aliphatic rings. The smallest absolute Gasteiger partial charge is 0.316 e. The molecule has 2 spiro atoms. The molecule has 3 saturated carbocycles. The van der Waals surface area contributed by atoms with Crippen LogP contribution in [0.5, 0.6) is 0 Å². The molecule has 2 saturated heterocycles. The number of carbonyl (C=O) groups is 6. The molecule has 0 aromatic rings. The first-order valence-corrected chi connectivity index (χ1v) is 19.6. The third kappa shape index (κ3) is 6.83. The Labute approximate surface area is 310 Å². The number of Topliss-reactive ketones (excluding diaryl/α,β-unsaturated/α-hetero) is 1. The van der Waals surface area contributed by atoms with Crippen molar-refractivity contribution in [1.82, 2.24) is 30.7 Å². The highest BCUT2D eigenvalue weighted by atomic mass is 16.2. The maximum Gasteiger partial charge on any atom is 0.316 e. The molecule has 13 nitrogen and oxygen atoms in total. The molecule has 5 rings (SSSR count). The van der Waals surface area contributed by atoms with Crippen LogP contribution in [0, 0.1) is 33.5 Å². The van der Waals surface area contributed by atoms with Crippen LogP contribution in [0.1, 0.15) is 114 Å². The molecule has 292 valence electrons. The van der Waals surface area contributed by atoms with E-state index in [1.165, 1.54) is 0 Å². The van der Waals surface area contributed by atoms with Gasteiger partial charge < -0.3 is 31.5 Å². The molecule has 2 aliphatic heterocycles. The molecule has 5 N–H and O–H groups in total. The Morgan fingerprint density at radius 1 is 0.865 bits per heavy atom. The molecule has 1 unspecified atom stereocenters. The summed E-state index contributed by atoms with van der Waals surface area (Å²) in [6.45, 7) is 19.4. The number of nitrogens with zero attached hydrogens (tertiary/aromatic N) is 3. The summed E-state index contributed by atoms with van der Waals surface area (Å²) in [5.74, 6) is -2.91. The van der Waals surface area contributed by atoms with Crippen LogP contribution in [0.15, 0.2) is 0 Å². The monoisotopic (exact) mass is 727 g/mol. The fraction of sp³-hybridized carbons (Fsp3) is 0.846. The number of likely N-dealkylation sites (tertiary alicyclic amines) is 1. The van der Waals surface area contributed by atoms with Gasteiger partial charge in [-0.15, -0.1) is 0 Å². The summed E-state index contributed by atoms with van der Waals surface area (Å²) in [5, 5.41) is 8.69. The molecule has 2 heterocycles. The summed E-state index contributed by atoms with van der Waals surface area (Å²) in [6.07, 6.45) is 6.81. The Morgan fingerprint density at radius 3 is 1.90 bits per heavy atom. The van der Waals surface area contributed by atoms with E-state index in [1.54, 1.807) is 4.90 Å². The average molecular weight is 728 g/mol. The lowest BCUT2D eigenvalue weighted by molar-refractivity contribution is -0.143. The van der Waals surface area contributed by atoms with E-state index in [-0.39, 0.29) is 52.0 Å². The van der Waals surface area contributed by atoms with Gasteiger partial charge in [-0.25, -0.2) is 4.79 Å². The second kappa shape index (κ2) is 14.2. The van der Waals surface area contributed by atoms with E-state index in [4.69, 9.17) is 5.73 Å². The van der Waals surface area contributed by atoms with Gasteiger partial charge in [0, 0.05) is 37.1 Å². The van der Waals surface area contributed by atoms with Crippen LogP contribution in [0.25, 0.3) is 0 Å². The van der Waals surface area contributed by atoms with Gasteiger partial charge in [0.25, 0.3) is 5.91 Å². The maximum atomic E-state index is 14.8. The topological polar surface area (TPSA) is 174 Å². The largest absolute Gasteiger partial charge is 0.363 e. The molecule has 52 heavy (non-hydrogen) atoms. The number of likely N-dealkylation sites (N-methyl/N-ethyl adjacent to an activating group) is 1. The third-order valence-electron chi connectivity index (χ3n) is 14.3. The van der Waals surface area contributed by atoms with E-state index < -0.39 is 53.2 Å². The van der Waals surface area contributed by atoms with Crippen LogP contribution in [0.4, 0.5) is 4.79 Å². The first kappa shape index (κ1) is 40.0. The van der Waals surface area contributed by atoms with Crippen molar-refractivity contribution in [1.29, 1.82) is 0 Å². The van der Waals surface area contributed by atoms with Crippen molar-refractivity contribution in [3.8, 4) is 0 Å². The number of hydrogen-bond donors (Lipinski definition) is 4. The van der Waals surface area contributed by atoms with E-state index in [1.807, 2.05) is 46.6 Å². The van der Waals surface area contributed by atoms with Gasteiger partial charge in [-0.05, 0) is 74.7 Å². The molecule has 7 atom stereocenters. The molecule has 5 fully saturated rings. The minimum absolute atomic E-state index is 0.0209. The van der Waals surface area contributed by atoms with Crippen molar-refractivity contribution < 1.29 is 28.8 Å². The van der Waals surface area contributed by atoms with Gasteiger partial charge >= 0.3 is 6.03 Å². The molecular weight excluding hydrogens is 662 g/mol. The van der Waals surface area contributed by atoms with Gasteiger partial charge in [0.1, 0.15) is 18.1 Å². The third-order valence-corrected chi connectivity index (χ3v) is 14.3. The van der Waals surface area contributed by atoms with Gasteiger partial charge in [-0.1, -0.05) is 74.1 Å². The lowest BCUT2D eigenvalue weighted by Crippen LogP contribution is -2.63. The number of nitrogens with one attached hydrogen (secondary N) is 3. The molecule has 0 aromatic heterocycles. The number of amides is 6. The average Bonchev–Trinajstić information content (AvgIpc) is 3.23. The highest BCUT2D eigenvalue weighted by Gasteiger charge is 2.85. The number of hydrogen-bond acceptors (Lipinski definition) is 7. The number of piperazine rings is 1. The van der Waals surface area contributed by atoms with Crippen LogP contribution in [-0.4, -0.2) is 113 Å². The Kier molecular flexibility index (Phi) is 10.9. The second-order valence-electron chi connectivity index (χ2n) is 18.9. The Hall–Kier alpha value is -3.22. The molecule has 0 bridgehead atoms. The van der Waals surface area contributed by atoms with Crippen molar-refractivity contribution in [3.05, 3.63) is 0 Å². The highest BCUT2D eigenvalue weighted by Crippen LogP contribution is 2.88. The second-order valence-corrected chi connectivity index (χ2v) is 18.9. The van der Waals surface area contributed by atoms with E-state index >= 15 is 0 Å². The van der Waals surface area contributed by atoms with Crippen LogP contribution >= 0.6 is 0 Å². The van der Waals surface area contributed by atoms with Gasteiger partial charge in [0.15, 0.2) is 0 Å². The molecule has 13 heteroatoms. The minimum Gasteiger partial charge on any atom is -0.363 e. The van der Waals surface area contributed by atoms with Crippen molar-refractivity contribution in [2.24, 2.45) is 39.2 Å². The quantitative estimate of drug-likeness (QED) is 0.237. The summed E-state index contributed by atoms with van der Waals surface area (Å²) in [6, 6.07) is -4.05. The number of fused-ring (bicyclic) bond motifs is 1. The van der Waals surface area contributed by atoms with Crippen molar-refractivity contribution in [2.75, 3.05) is 26.7 Å². The fourth-order valence-corrected chi connectivity index (χ4v) is 10.2. The molecule has 3 aliphatic carbocycles. The van der Waals surface area contributed by atoms with Gasteiger partial charge in [0.05, 0.1) is 6.04 Å². The van der Waals surface area contributed by atoms with E-state index in [0.29, 0.717) is 32.5 Å². The Bertz CT molecular complexity index is 1440. The fourth-order valence-electron chi connectivity index (χ4n) is 10.2. The van der Waals surface area contributed by atoms with Gasteiger partial charge in [-0.2, -0.15) is 0 Å². The number of carbonyl (C=O) groups excluding carboxylic acids is 6. The van der Waals surface area contributed by atoms with Crippen molar-refractivity contribution in [2.45, 2.75) is 150 Å². The van der Waals surface area contributed by atoms with Crippen LogP contribution < -0.4 is 21.7 Å². The Balaban J connectivity index is 1.38. The molecule has 0 radical (unpaired) electrons. The standard InChI is InChI=1S/C39H65N7O6/c1-22(2)28(33(50)45-19-23(3)44(10)24(4)20-45)42-35(52)43-30(36(5,6)7)34(51)46-21-39(37(8,9)38(39)15-12-16-38)18-27(46)32(49)41-26(29(47)31(40)48)17-25-13-11-14-25/h22-28,30H,11-21H2,1-10H3,(H2,40,48)(H,41,49)(H2,42,43,52)/t23-,24+,26?,27-,28-,30+,39+/m0/s1. The minimum atomic E-state index is -1.09. The number of nitrogens with two attached hydrogens (primary N) is 1. The lowest BCUT2D eigenvalue weighted by Gasteiger charge is -2.43. The summed E-state index contributed by atoms with van der Waals surface area (Å²) in [7, 11) is 2.05. The molecular formula is C39H65N7O6. The zero-order chi connectivity index (χ0) is 38.7. The first-order chi connectivity index (χ1) is 24.1. The van der Waals surface area contributed by atoms with Crippen molar-refractivity contribution in [3.63, 3.8) is 0 Å². The van der Waals surface area contributed by atoms with Crippen molar-refractivity contribution >= 4 is 35.4 Å². The van der Waals surface area contributed by atoms with E-state index in [2.05, 4.69) is 48.5 Å². The molecule has 0 aromatic carbocycles.